The molecule has 0 bridgehead atoms. The van der Waals surface area contributed by atoms with Gasteiger partial charge in [0.05, 0.1) is 0 Å². The molecule has 0 atom stereocenters. The van der Waals surface area contributed by atoms with Gasteiger partial charge in [-0.3, -0.25) is 4.79 Å². The van der Waals surface area contributed by atoms with Crippen LogP contribution in [0, 0.1) is 5.92 Å². The molecule has 1 aliphatic rings. The van der Waals surface area contributed by atoms with Gasteiger partial charge >= 0.3 is 0 Å². The predicted molar refractivity (Wildman–Crippen MR) is 80.9 cm³/mol. The maximum absolute atomic E-state index is 12.4. The molecule has 1 aromatic rings. The van der Waals surface area contributed by atoms with Gasteiger partial charge in [-0.2, -0.15) is 0 Å². The molecule has 2 rings (SSSR count). The van der Waals surface area contributed by atoms with Crippen LogP contribution in [-0.2, 0) is 10.8 Å². The number of carbonyl (C=O) groups is 1. The Morgan fingerprint density at radius 1 is 0.895 bits per heavy atom. The van der Waals surface area contributed by atoms with Crippen LogP contribution in [0.2, 0.25) is 0 Å². The molecular weight excluding hydrogens is 232 g/mol. The fourth-order valence-electron chi connectivity index (χ4n) is 2.22. The summed E-state index contributed by atoms with van der Waals surface area (Å²) in [6, 6.07) is 6.48. The van der Waals surface area contributed by atoms with E-state index >= 15 is 0 Å². The number of Topliss-reactive ketones (excluding diaryl/α,β-unsaturated/α-hetero) is 1. The number of carbonyl (C=O) groups excluding carboxylic acids is 1. The van der Waals surface area contributed by atoms with Crippen molar-refractivity contribution in [2.75, 3.05) is 0 Å². The van der Waals surface area contributed by atoms with E-state index in [-0.39, 0.29) is 10.8 Å². The monoisotopic (exact) mass is 258 g/mol. The van der Waals surface area contributed by atoms with Gasteiger partial charge in [0.2, 0.25) is 0 Å². The summed E-state index contributed by atoms with van der Waals surface area (Å²) in [5.74, 6) is 0.639. The highest BCUT2D eigenvalue weighted by molar-refractivity contribution is 5.99. The Labute approximate surface area is 117 Å². The summed E-state index contributed by atoms with van der Waals surface area (Å²) in [7, 11) is 0. The summed E-state index contributed by atoms with van der Waals surface area (Å²) >= 11 is 0. The van der Waals surface area contributed by atoms with Crippen LogP contribution < -0.4 is 0 Å². The molecule has 1 aliphatic carbocycles. The van der Waals surface area contributed by atoms with Crippen molar-refractivity contribution in [1.29, 1.82) is 0 Å². The lowest BCUT2D eigenvalue weighted by Gasteiger charge is -2.26. The standard InChI is InChI=1S/C18H26O/c1-17(2,3)14-9-13(16(19)12-7-8-12)10-15(11-14)18(4,5)6/h9-12H,7-8H2,1-6H3. The Hall–Kier alpha value is -1.11. The van der Waals surface area contributed by atoms with Gasteiger partial charge in [-0.05, 0) is 46.9 Å². The summed E-state index contributed by atoms with van der Waals surface area (Å²) in [4.78, 5) is 12.4. The van der Waals surface area contributed by atoms with E-state index in [1.807, 2.05) is 0 Å². The van der Waals surface area contributed by atoms with Crippen molar-refractivity contribution in [3.63, 3.8) is 0 Å². The van der Waals surface area contributed by atoms with Crippen molar-refractivity contribution in [3.05, 3.63) is 34.9 Å². The third-order valence-corrected chi connectivity index (χ3v) is 3.90. The van der Waals surface area contributed by atoms with Crippen LogP contribution in [-0.4, -0.2) is 5.78 Å². The Bertz CT molecular complexity index is 461. The van der Waals surface area contributed by atoms with Gasteiger partial charge in [-0.15, -0.1) is 0 Å². The largest absolute Gasteiger partial charge is 0.294 e. The summed E-state index contributed by atoms with van der Waals surface area (Å²) in [5, 5.41) is 0. The molecule has 1 aromatic carbocycles. The maximum atomic E-state index is 12.4. The molecule has 19 heavy (non-hydrogen) atoms. The molecular formula is C18H26O. The average Bonchev–Trinajstić information content (AvgIpc) is 3.09. The summed E-state index contributed by atoms with van der Waals surface area (Å²) in [6.07, 6.45) is 2.15. The van der Waals surface area contributed by atoms with E-state index in [0.29, 0.717) is 11.7 Å². The zero-order chi connectivity index (χ0) is 14.4. The van der Waals surface area contributed by atoms with E-state index in [2.05, 4.69) is 59.7 Å². The van der Waals surface area contributed by atoms with Crippen molar-refractivity contribution < 1.29 is 4.79 Å². The maximum Gasteiger partial charge on any atom is 0.165 e. The van der Waals surface area contributed by atoms with Gasteiger partial charge in [0.1, 0.15) is 0 Å². The Kier molecular flexibility index (Phi) is 3.36. The number of rotatable bonds is 2. The Morgan fingerprint density at radius 3 is 1.63 bits per heavy atom. The first kappa shape index (κ1) is 14.3. The smallest absolute Gasteiger partial charge is 0.165 e. The van der Waals surface area contributed by atoms with E-state index in [1.165, 1.54) is 11.1 Å². The van der Waals surface area contributed by atoms with E-state index in [1.54, 1.807) is 0 Å². The summed E-state index contributed by atoms with van der Waals surface area (Å²) in [5.41, 5.74) is 3.62. The molecule has 0 saturated heterocycles. The highest BCUT2D eigenvalue weighted by Crippen LogP contribution is 2.36. The topological polar surface area (TPSA) is 17.1 Å². The molecule has 104 valence electrons. The highest BCUT2D eigenvalue weighted by Gasteiger charge is 2.32. The summed E-state index contributed by atoms with van der Waals surface area (Å²) < 4.78 is 0. The molecule has 0 radical (unpaired) electrons. The molecule has 0 spiro atoms. The average molecular weight is 258 g/mol. The molecule has 1 saturated carbocycles. The molecule has 0 amide bonds. The highest BCUT2D eigenvalue weighted by atomic mass is 16.1. The van der Waals surface area contributed by atoms with Crippen molar-refractivity contribution in [2.45, 2.75) is 65.2 Å². The first-order chi connectivity index (χ1) is 8.59. The van der Waals surface area contributed by atoms with E-state index in [4.69, 9.17) is 0 Å². The van der Waals surface area contributed by atoms with Crippen LogP contribution in [0.1, 0.15) is 75.9 Å². The van der Waals surface area contributed by atoms with E-state index in [0.717, 1.165) is 18.4 Å². The minimum Gasteiger partial charge on any atom is -0.294 e. The van der Waals surface area contributed by atoms with Crippen LogP contribution >= 0.6 is 0 Å². The lowest BCUT2D eigenvalue weighted by molar-refractivity contribution is 0.0967. The first-order valence-electron chi connectivity index (χ1n) is 7.29. The molecule has 0 heterocycles. The van der Waals surface area contributed by atoms with Crippen LogP contribution in [0.25, 0.3) is 0 Å². The second kappa shape index (κ2) is 4.47. The SMILES string of the molecule is CC(C)(C)c1cc(C(=O)C2CC2)cc(C(C)(C)C)c1. The molecule has 0 unspecified atom stereocenters. The molecule has 0 N–H and O–H groups in total. The zero-order valence-corrected chi connectivity index (χ0v) is 13.1. The second-order valence-corrected chi connectivity index (χ2v) is 7.94. The van der Waals surface area contributed by atoms with Crippen molar-refractivity contribution in [2.24, 2.45) is 5.92 Å². The van der Waals surface area contributed by atoms with E-state index in [9.17, 15) is 4.79 Å². The van der Waals surface area contributed by atoms with Crippen molar-refractivity contribution in [1.82, 2.24) is 0 Å². The van der Waals surface area contributed by atoms with Crippen LogP contribution in [0.3, 0.4) is 0 Å². The fourth-order valence-corrected chi connectivity index (χ4v) is 2.22. The van der Waals surface area contributed by atoms with Crippen LogP contribution in [0.4, 0.5) is 0 Å². The number of hydrogen-bond donors (Lipinski definition) is 0. The predicted octanol–water partition coefficient (Wildman–Crippen LogP) is 4.87. The molecule has 0 aliphatic heterocycles. The van der Waals surface area contributed by atoms with Gasteiger partial charge in [0.25, 0.3) is 0 Å². The second-order valence-electron chi connectivity index (χ2n) is 7.94. The molecule has 1 fully saturated rings. The fraction of sp³-hybridized carbons (Fsp3) is 0.611. The lowest BCUT2D eigenvalue weighted by atomic mass is 9.79. The Morgan fingerprint density at radius 2 is 1.32 bits per heavy atom. The molecule has 1 heteroatoms. The summed E-state index contributed by atoms with van der Waals surface area (Å²) in [6.45, 7) is 13.3. The molecule has 0 aromatic heterocycles. The van der Waals surface area contributed by atoms with Gasteiger partial charge in [-0.25, -0.2) is 0 Å². The lowest BCUT2D eigenvalue weighted by Crippen LogP contribution is -2.18. The minimum absolute atomic E-state index is 0.0832. The third-order valence-electron chi connectivity index (χ3n) is 3.90. The zero-order valence-electron chi connectivity index (χ0n) is 13.1. The minimum atomic E-state index is 0.0832. The van der Waals surface area contributed by atoms with Gasteiger partial charge < -0.3 is 0 Å². The van der Waals surface area contributed by atoms with Crippen molar-refractivity contribution >= 4 is 5.78 Å². The van der Waals surface area contributed by atoms with Gasteiger partial charge in [-0.1, -0.05) is 47.6 Å². The van der Waals surface area contributed by atoms with Crippen LogP contribution in [0.15, 0.2) is 18.2 Å². The quantitative estimate of drug-likeness (QED) is 0.691. The van der Waals surface area contributed by atoms with Gasteiger partial charge in [0.15, 0.2) is 5.78 Å². The molecule has 1 nitrogen and oxygen atoms in total. The third kappa shape index (κ3) is 3.26. The first-order valence-corrected chi connectivity index (χ1v) is 7.29. The van der Waals surface area contributed by atoms with Crippen molar-refractivity contribution in [3.8, 4) is 0 Å². The normalized spacial score (nSPS) is 16.5. The Balaban J connectivity index is 2.51. The van der Waals surface area contributed by atoms with Gasteiger partial charge in [0, 0.05) is 11.5 Å². The van der Waals surface area contributed by atoms with E-state index < -0.39 is 0 Å². The van der Waals surface area contributed by atoms with Crippen LogP contribution in [0.5, 0.6) is 0 Å². The number of ketones is 1. The number of hydrogen-bond acceptors (Lipinski definition) is 1. The number of benzene rings is 1.